The Bertz CT molecular complexity index is 529. The number of nitrogens with zero attached hydrogens (tertiary/aromatic N) is 3. The van der Waals surface area contributed by atoms with E-state index in [9.17, 15) is 5.11 Å². The van der Waals surface area contributed by atoms with Crippen molar-refractivity contribution in [2.45, 2.75) is 18.9 Å². The molecule has 0 amide bonds. The molecule has 1 aromatic carbocycles. The molecule has 0 spiro atoms. The zero-order valence-corrected chi connectivity index (χ0v) is 8.17. The molecule has 1 heterocycles. The molecule has 0 bridgehead atoms. The van der Waals surface area contributed by atoms with Gasteiger partial charge in [0.15, 0.2) is 0 Å². The van der Waals surface area contributed by atoms with E-state index in [1.54, 1.807) is 0 Å². The van der Waals surface area contributed by atoms with E-state index >= 15 is 0 Å². The molecule has 3 rings (SSSR count). The lowest BCUT2D eigenvalue weighted by atomic mass is 10.3. The topological polar surface area (TPSA) is 50.9 Å². The van der Waals surface area contributed by atoms with Gasteiger partial charge in [0.1, 0.15) is 5.52 Å². The van der Waals surface area contributed by atoms with Gasteiger partial charge in [0.25, 0.3) is 0 Å². The summed E-state index contributed by atoms with van der Waals surface area (Å²) in [6, 6.07) is 7.83. The van der Waals surface area contributed by atoms with E-state index in [4.69, 9.17) is 0 Å². The van der Waals surface area contributed by atoms with Gasteiger partial charge in [-0.25, -0.2) is 4.68 Å². The third kappa shape index (κ3) is 1.34. The molecule has 0 saturated carbocycles. The standard InChI is InChI=1S/C11H11N3O/c15-9-6-5-8(7-9)14-11-4-2-1-3-10(11)12-13-14/h1-4,7,9,15H,5-6H2. The Morgan fingerprint density at radius 1 is 1.33 bits per heavy atom. The second kappa shape index (κ2) is 3.17. The predicted molar refractivity (Wildman–Crippen MR) is 57.0 cm³/mol. The first kappa shape index (κ1) is 8.61. The summed E-state index contributed by atoms with van der Waals surface area (Å²) in [6.45, 7) is 0. The van der Waals surface area contributed by atoms with Crippen LogP contribution in [0.15, 0.2) is 30.3 Å². The molecule has 4 nitrogen and oxygen atoms in total. The molecule has 2 aromatic rings. The van der Waals surface area contributed by atoms with E-state index in [0.717, 1.165) is 29.6 Å². The summed E-state index contributed by atoms with van der Waals surface area (Å²) < 4.78 is 1.81. The highest BCUT2D eigenvalue weighted by atomic mass is 16.3. The van der Waals surface area contributed by atoms with Gasteiger partial charge in [0.05, 0.1) is 11.6 Å². The molecule has 1 aliphatic carbocycles. The summed E-state index contributed by atoms with van der Waals surface area (Å²) >= 11 is 0. The van der Waals surface area contributed by atoms with Crippen molar-refractivity contribution < 1.29 is 5.11 Å². The largest absolute Gasteiger partial charge is 0.389 e. The van der Waals surface area contributed by atoms with Crippen LogP contribution in [0.2, 0.25) is 0 Å². The molecule has 76 valence electrons. The van der Waals surface area contributed by atoms with Crippen LogP contribution in [-0.4, -0.2) is 26.2 Å². The van der Waals surface area contributed by atoms with Gasteiger partial charge in [-0.2, -0.15) is 0 Å². The Kier molecular flexibility index (Phi) is 1.82. The molecule has 4 heteroatoms. The van der Waals surface area contributed by atoms with Crippen molar-refractivity contribution in [3.63, 3.8) is 0 Å². The fourth-order valence-corrected chi connectivity index (χ4v) is 1.94. The Morgan fingerprint density at radius 3 is 3.00 bits per heavy atom. The lowest BCUT2D eigenvalue weighted by Crippen LogP contribution is -1.96. The van der Waals surface area contributed by atoms with Crippen LogP contribution in [0.1, 0.15) is 12.8 Å². The Balaban J connectivity index is 2.15. The van der Waals surface area contributed by atoms with Crippen LogP contribution in [0.25, 0.3) is 16.7 Å². The second-order valence-electron chi connectivity index (χ2n) is 3.75. The first-order valence-corrected chi connectivity index (χ1v) is 5.04. The van der Waals surface area contributed by atoms with Gasteiger partial charge in [-0.3, -0.25) is 0 Å². The highest BCUT2D eigenvalue weighted by molar-refractivity contribution is 5.77. The van der Waals surface area contributed by atoms with Crippen molar-refractivity contribution in [2.24, 2.45) is 0 Å². The highest BCUT2D eigenvalue weighted by Gasteiger charge is 2.16. The predicted octanol–water partition coefficient (Wildman–Crippen LogP) is 1.43. The molecule has 1 atom stereocenters. The van der Waals surface area contributed by atoms with Crippen LogP contribution in [0.3, 0.4) is 0 Å². The Morgan fingerprint density at radius 2 is 2.20 bits per heavy atom. The molecular formula is C11H11N3O. The summed E-state index contributed by atoms with van der Waals surface area (Å²) in [4.78, 5) is 0. The lowest BCUT2D eigenvalue weighted by molar-refractivity contribution is 0.223. The van der Waals surface area contributed by atoms with Crippen LogP contribution >= 0.6 is 0 Å². The molecule has 1 aliphatic rings. The fourth-order valence-electron chi connectivity index (χ4n) is 1.94. The molecular weight excluding hydrogens is 190 g/mol. The molecule has 0 aliphatic heterocycles. The summed E-state index contributed by atoms with van der Waals surface area (Å²) in [6.07, 6.45) is 3.15. The van der Waals surface area contributed by atoms with Gasteiger partial charge >= 0.3 is 0 Å². The van der Waals surface area contributed by atoms with E-state index in [2.05, 4.69) is 10.3 Å². The number of allylic oxidation sites excluding steroid dienone is 1. The van der Waals surface area contributed by atoms with Gasteiger partial charge < -0.3 is 5.11 Å². The Hall–Kier alpha value is -1.68. The third-order valence-corrected chi connectivity index (χ3v) is 2.70. The van der Waals surface area contributed by atoms with Crippen LogP contribution in [0.4, 0.5) is 0 Å². The van der Waals surface area contributed by atoms with Crippen LogP contribution < -0.4 is 0 Å². The first-order valence-electron chi connectivity index (χ1n) is 5.04. The summed E-state index contributed by atoms with van der Waals surface area (Å²) in [5.74, 6) is 0. The zero-order valence-electron chi connectivity index (χ0n) is 8.17. The maximum absolute atomic E-state index is 9.43. The van der Waals surface area contributed by atoms with E-state index in [-0.39, 0.29) is 6.10 Å². The van der Waals surface area contributed by atoms with Crippen molar-refractivity contribution in [3.8, 4) is 0 Å². The molecule has 0 fully saturated rings. The van der Waals surface area contributed by atoms with E-state index in [0.29, 0.717) is 0 Å². The van der Waals surface area contributed by atoms with E-state index in [1.165, 1.54) is 0 Å². The minimum absolute atomic E-state index is 0.331. The number of aliphatic hydroxyl groups excluding tert-OH is 1. The fraction of sp³-hybridized carbons (Fsp3) is 0.273. The Labute approximate surface area is 86.8 Å². The molecule has 1 aromatic heterocycles. The van der Waals surface area contributed by atoms with Crippen LogP contribution in [0, 0.1) is 0 Å². The number of hydrogen-bond acceptors (Lipinski definition) is 3. The van der Waals surface area contributed by atoms with E-state index in [1.807, 2.05) is 35.0 Å². The number of benzene rings is 1. The SMILES string of the molecule is OC1C=C(n2nnc3ccccc32)CC1. The zero-order chi connectivity index (χ0) is 10.3. The number of para-hydroxylation sites is 1. The van der Waals surface area contributed by atoms with Crippen molar-refractivity contribution in [1.29, 1.82) is 0 Å². The third-order valence-electron chi connectivity index (χ3n) is 2.70. The smallest absolute Gasteiger partial charge is 0.113 e. The van der Waals surface area contributed by atoms with Crippen LogP contribution in [-0.2, 0) is 0 Å². The van der Waals surface area contributed by atoms with Crippen molar-refractivity contribution >= 4 is 16.7 Å². The number of aromatic nitrogens is 3. The van der Waals surface area contributed by atoms with Gasteiger partial charge in [-0.1, -0.05) is 17.3 Å². The normalized spacial score (nSPS) is 20.9. The van der Waals surface area contributed by atoms with Gasteiger partial charge in [0.2, 0.25) is 0 Å². The average Bonchev–Trinajstić information content (AvgIpc) is 2.83. The highest BCUT2D eigenvalue weighted by Crippen LogP contribution is 2.24. The second-order valence-corrected chi connectivity index (χ2v) is 3.75. The van der Waals surface area contributed by atoms with Gasteiger partial charge in [-0.15, -0.1) is 5.10 Å². The minimum atomic E-state index is -0.331. The number of rotatable bonds is 1. The molecule has 0 radical (unpaired) electrons. The van der Waals surface area contributed by atoms with Crippen molar-refractivity contribution in [2.75, 3.05) is 0 Å². The quantitative estimate of drug-likeness (QED) is 0.759. The molecule has 0 saturated heterocycles. The van der Waals surface area contributed by atoms with Crippen molar-refractivity contribution in [3.05, 3.63) is 30.3 Å². The average molecular weight is 201 g/mol. The van der Waals surface area contributed by atoms with Gasteiger partial charge in [0, 0.05) is 5.70 Å². The number of fused-ring (bicyclic) bond motifs is 1. The molecule has 1 N–H and O–H groups in total. The van der Waals surface area contributed by atoms with Crippen molar-refractivity contribution in [1.82, 2.24) is 15.0 Å². The lowest BCUT2D eigenvalue weighted by Gasteiger charge is -2.00. The van der Waals surface area contributed by atoms with Crippen LogP contribution in [0.5, 0.6) is 0 Å². The number of hydrogen-bond donors (Lipinski definition) is 1. The minimum Gasteiger partial charge on any atom is -0.389 e. The monoisotopic (exact) mass is 201 g/mol. The number of aliphatic hydroxyl groups is 1. The van der Waals surface area contributed by atoms with E-state index < -0.39 is 0 Å². The summed E-state index contributed by atoms with van der Waals surface area (Å²) in [5, 5.41) is 17.6. The molecule has 1 unspecified atom stereocenters. The summed E-state index contributed by atoms with van der Waals surface area (Å²) in [5.41, 5.74) is 2.92. The first-order chi connectivity index (χ1) is 7.34. The summed E-state index contributed by atoms with van der Waals surface area (Å²) in [7, 11) is 0. The maximum Gasteiger partial charge on any atom is 0.113 e. The van der Waals surface area contributed by atoms with Gasteiger partial charge in [-0.05, 0) is 31.1 Å². The maximum atomic E-state index is 9.43. The molecule has 15 heavy (non-hydrogen) atoms.